The number of esters is 1. The molecule has 3 aromatic rings. The highest BCUT2D eigenvalue weighted by Crippen LogP contribution is 2.30. The van der Waals surface area contributed by atoms with Crippen molar-refractivity contribution in [1.82, 2.24) is 0 Å². The van der Waals surface area contributed by atoms with Crippen LogP contribution in [0.15, 0.2) is 59.0 Å². The van der Waals surface area contributed by atoms with Crippen molar-refractivity contribution in [2.75, 3.05) is 6.61 Å². The largest absolute Gasteiger partial charge is 0.461 e. The van der Waals surface area contributed by atoms with Crippen molar-refractivity contribution in [1.29, 1.82) is 0 Å². The third kappa shape index (κ3) is 3.93. The van der Waals surface area contributed by atoms with Crippen molar-refractivity contribution in [3.8, 4) is 0 Å². The fourth-order valence-corrected chi connectivity index (χ4v) is 3.48. The lowest BCUT2D eigenvalue weighted by molar-refractivity contribution is -0.134. The van der Waals surface area contributed by atoms with Gasteiger partial charge in [0.1, 0.15) is 11.0 Å². The lowest BCUT2D eigenvalue weighted by atomic mass is 9.95. The first-order valence-electron chi connectivity index (χ1n) is 8.91. The molecule has 3 aromatic carbocycles. The second-order valence-electron chi connectivity index (χ2n) is 7.21. The number of benzene rings is 3. The maximum atomic E-state index is 12.7. The highest BCUT2D eigenvalue weighted by atomic mass is 32.2. The van der Waals surface area contributed by atoms with Gasteiger partial charge in [0.05, 0.1) is 11.4 Å². The predicted molar refractivity (Wildman–Crippen MR) is 113 cm³/mol. The van der Waals surface area contributed by atoms with Crippen LogP contribution in [0.5, 0.6) is 0 Å². The van der Waals surface area contributed by atoms with Gasteiger partial charge in [-0.05, 0) is 55.3 Å². The van der Waals surface area contributed by atoms with Gasteiger partial charge in [-0.25, -0.2) is 9.00 Å². The number of ether oxygens (including phenoxy) is 1. The smallest absolute Gasteiger partial charge is 0.358 e. The predicted octanol–water partition coefficient (Wildman–Crippen LogP) is 4.81. The molecular formula is C22H23NO3S. The first kappa shape index (κ1) is 19.2. The summed E-state index contributed by atoms with van der Waals surface area (Å²) in [6.07, 6.45) is 0. The van der Waals surface area contributed by atoms with Crippen LogP contribution >= 0.6 is 0 Å². The van der Waals surface area contributed by atoms with Crippen LogP contribution in [0.3, 0.4) is 0 Å². The van der Waals surface area contributed by atoms with Crippen LogP contribution in [-0.4, -0.2) is 27.2 Å². The summed E-state index contributed by atoms with van der Waals surface area (Å²) >= 11 is 0. The molecule has 0 aliphatic carbocycles. The number of carbonyl (C=O) groups excluding carboxylic acids is 1. The normalized spacial score (nSPS) is 13.7. The Labute approximate surface area is 161 Å². The van der Waals surface area contributed by atoms with Gasteiger partial charge in [0.2, 0.25) is 0 Å². The van der Waals surface area contributed by atoms with Crippen LogP contribution in [0.25, 0.3) is 21.5 Å². The summed E-state index contributed by atoms with van der Waals surface area (Å²) < 4.78 is 21.6. The summed E-state index contributed by atoms with van der Waals surface area (Å²) in [5.41, 5.74) is 0.743. The summed E-state index contributed by atoms with van der Waals surface area (Å²) in [6.45, 7) is 7.45. The Balaban J connectivity index is 2.34. The van der Waals surface area contributed by atoms with Gasteiger partial charge >= 0.3 is 5.97 Å². The molecule has 140 valence electrons. The molecule has 0 aromatic heterocycles. The molecule has 0 fully saturated rings. The minimum Gasteiger partial charge on any atom is -0.461 e. The molecule has 0 heterocycles. The van der Waals surface area contributed by atoms with Crippen molar-refractivity contribution in [3.63, 3.8) is 0 Å². The average molecular weight is 381 g/mol. The van der Waals surface area contributed by atoms with Crippen LogP contribution < -0.4 is 0 Å². The van der Waals surface area contributed by atoms with Gasteiger partial charge in [-0.15, -0.1) is 0 Å². The Morgan fingerprint density at radius 3 is 2.22 bits per heavy atom. The van der Waals surface area contributed by atoms with E-state index in [1.807, 2.05) is 69.3 Å². The number of fused-ring (bicyclic) bond motifs is 3. The van der Waals surface area contributed by atoms with Crippen LogP contribution in [0.4, 0.5) is 0 Å². The Bertz CT molecular complexity index is 1060. The molecule has 1 atom stereocenters. The lowest BCUT2D eigenvalue weighted by Gasteiger charge is -2.16. The van der Waals surface area contributed by atoms with E-state index in [0.29, 0.717) is 5.56 Å². The van der Waals surface area contributed by atoms with Gasteiger partial charge < -0.3 is 4.74 Å². The molecule has 0 radical (unpaired) electrons. The Hall–Kier alpha value is -2.53. The molecule has 0 saturated carbocycles. The van der Waals surface area contributed by atoms with Gasteiger partial charge in [-0.2, -0.15) is 4.40 Å². The summed E-state index contributed by atoms with van der Waals surface area (Å²) in [6, 6.07) is 17.8. The number of carbonyl (C=O) groups is 1. The van der Waals surface area contributed by atoms with E-state index >= 15 is 0 Å². The molecule has 0 N–H and O–H groups in total. The third-order valence-corrected chi connectivity index (χ3v) is 5.59. The van der Waals surface area contributed by atoms with E-state index in [2.05, 4.69) is 10.5 Å². The fraction of sp³-hybridized carbons (Fsp3) is 0.273. The number of hydrogen-bond acceptors (Lipinski definition) is 3. The van der Waals surface area contributed by atoms with Crippen LogP contribution in [0.1, 0.15) is 33.3 Å². The van der Waals surface area contributed by atoms with Crippen LogP contribution in [0.2, 0.25) is 0 Å². The van der Waals surface area contributed by atoms with Crippen molar-refractivity contribution < 1.29 is 13.7 Å². The molecule has 0 aliphatic rings. The SMILES string of the molecule is CCOC(=O)/C(=N/[S@](=O)C(C)(C)C)c1cc2ccccc2c2ccccc12. The summed E-state index contributed by atoms with van der Waals surface area (Å²) in [7, 11) is -1.58. The van der Waals surface area contributed by atoms with Gasteiger partial charge in [-0.1, -0.05) is 48.5 Å². The maximum absolute atomic E-state index is 12.7. The molecule has 5 heteroatoms. The first-order valence-corrected chi connectivity index (χ1v) is 10.0. The van der Waals surface area contributed by atoms with Crippen molar-refractivity contribution >= 4 is 44.2 Å². The summed E-state index contributed by atoms with van der Waals surface area (Å²) in [5.74, 6) is -0.560. The zero-order chi connectivity index (χ0) is 19.6. The van der Waals surface area contributed by atoms with Crippen molar-refractivity contribution in [3.05, 3.63) is 60.2 Å². The molecular weight excluding hydrogens is 358 g/mol. The van der Waals surface area contributed by atoms with E-state index < -0.39 is 21.7 Å². The molecule has 0 spiro atoms. The van der Waals surface area contributed by atoms with E-state index in [-0.39, 0.29) is 12.3 Å². The van der Waals surface area contributed by atoms with E-state index in [9.17, 15) is 9.00 Å². The highest BCUT2D eigenvalue weighted by Gasteiger charge is 2.25. The second-order valence-corrected chi connectivity index (χ2v) is 9.12. The number of nitrogens with zero attached hydrogens (tertiary/aromatic N) is 1. The second kappa shape index (κ2) is 7.61. The van der Waals surface area contributed by atoms with E-state index in [4.69, 9.17) is 4.74 Å². The average Bonchev–Trinajstić information content (AvgIpc) is 2.64. The molecule has 0 amide bonds. The highest BCUT2D eigenvalue weighted by molar-refractivity contribution is 7.85. The monoisotopic (exact) mass is 381 g/mol. The summed E-state index contributed by atoms with van der Waals surface area (Å²) in [5, 5.41) is 3.99. The minimum atomic E-state index is -1.58. The molecule has 0 aliphatic heterocycles. The quantitative estimate of drug-likeness (QED) is 0.370. The Morgan fingerprint density at radius 2 is 1.59 bits per heavy atom. The van der Waals surface area contributed by atoms with Crippen LogP contribution in [0, 0.1) is 0 Å². The molecule has 0 unspecified atom stereocenters. The van der Waals surface area contributed by atoms with Crippen LogP contribution in [-0.2, 0) is 20.5 Å². The Kier molecular flexibility index (Phi) is 5.42. The third-order valence-electron chi connectivity index (χ3n) is 4.19. The van der Waals surface area contributed by atoms with Gasteiger partial charge in [0, 0.05) is 5.56 Å². The molecule has 0 bridgehead atoms. The zero-order valence-electron chi connectivity index (χ0n) is 16.0. The van der Waals surface area contributed by atoms with Gasteiger partial charge in [0.25, 0.3) is 0 Å². The van der Waals surface area contributed by atoms with Gasteiger partial charge in [0.15, 0.2) is 5.71 Å². The van der Waals surface area contributed by atoms with Gasteiger partial charge in [-0.3, -0.25) is 0 Å². The lowest BCUT2D eigenvalue weighted by Crippen LogP contribution is -2.25. The minimum absolute atomic E-state index is 0.104. The standard InChI is InChI=1S/C22H23NO3S/c1-5-26-21(24)20(23-27(25)22(2,3)4)19-14-15-10-6-7-11-16(15)17-12-8-9-13-18(17)19/h6-14H,5H2,1-4H3/b23-20+/t27-/m1/s1. The fourth-order valence-electron chi connectivity index (χ4n) is 2.87. The molecule has 3 rings (SSSR count). The van der Waals surface area contributed by atoms with E-state index in [1.54, 1.807) is 6.92 Å². The van der Waals surface area contributed by atoms with Crippen molar-refractivity contribution in [2.45, 2.75) is 32.4 Å². The molecule has 4 nitrogen and oxygen atoms in total. The zero-order valence-corrected chi connectivity index (χ0v) is 16.8. The topological polar surface area (TPSA) is 55.7 Å². The Morgan fingerprint density at radius 1 is 1.00 bits per heavy atom. The van der Waals surface area contributed by atoms with E-state index in [1.165, 1.54) is 0 Å². The molecule has 0 saturated heterocycles. The maximum Gasteiger partial charge on any atom is 0.358 e. The summed E-state index contributed by atoms with van der Waals surface area (Å²) in [4.78, 5) is 12.7. The number of hydrogen-bond donors (Lipinski definition) is 0. The van der Waals surface area contributed by atoms with E-state index in [0.717, 1.165) is 21.5 Å². The molecule has 27 heavy (non-hydrogen) atoms. The number of rotatable bonds is 4. The van der Waals surface area contributed by atoms with Crippen molar-refractivity contribution in [2.24, 2.45) is 4.40 Å². The first-order chi connectivity index (χ1) is 12.8.